The fourth-order valence-electron chi connectivity index (χ4n) is 1.52. The molecule has 0 radical (unpaired) electrons. The average Bonchev–Trinajstić information content (AvgIpc) is 2.15. The third-order valence-corrected chi connectivity index (χ3v) is 4.06. The second-order valence-corrected chi connectivity index (χ2v) is 5.58. The molecular weight excluding hydrogens is 244 g/mol. The summed E-state index contributed by atoms with van der Waals surface area (Å²) in [7, 11) is -3.85. The predicted octanol–water partition coefficient (Wildman–Crippen LogP) is 1.49. The minimum Gasteiger partial charge on any atom is -0.449 e. The molecule has 0 saturated heterocycles. The van der Waals surface area contributed by atoms with Crippen molar-refractivity contribution < 1.29 is 17.9 Å². The van der Waals surface area contributed by atoms with Crippen molar-refractivity contribution in [1.82, 2.24) is 9.03 Å². The van der Waals surface area contributed by atoms with Crippen molar-refractivity contribution in [3.8, 4) is 0 Å². The van der Waals surface area contributed by atoms with Gasteiger partial charge in [0.05, 0.1) is 6.61 Å². The summed E-state index contributed by atoms with van der Waals surface area (Å²) in [4.78, 5) is 11.2. The Morgan fingerprint density at radius 1 is 1.29 bits per heavy atom. The van der Waals surface area contributed by atoms with Gasteiger partial charge in [0.2, 0.25) is 0 Å². The molecule has 0 rings (SSSR count). The molecule has 0 aromatic carbocycles. The van der Waals surface area contributed by atoms with E-state index in [-0.39, 0.29) is 18.7 Å². The Bertz CT molecular complexity index is 340. The third-order valence-electron chi connectivity index (χ3n) is 2.30. The standard InChI is InChI=1S/C10H22N2O4S/c1-6-9(5)12(8(3)4)17(14,15)11-10(13)16-7-2/h8-9H,6-7H2,1-5H3,(H,11,13). The van der Waals surface area contributed by atoms with Crippen LogP contribution in [0.1, 0.15) is 41.0 Å². The molecule has 6 nitrogen and oxygen atoms in total. The number of hydrogen-bond donors (Lipinski definition) is 1. The van der Waals surface area contributed by atoms with Crippen molar-refractivity contribution in [2.24, 2.45) is 0 Å². The highest BCUT2D eigenvalue weighted by Gasteiger charge is 2.30. The molecule has 1 N–H and O–H groups in total. The van der Waals surface area contributed by atoms with E-state index in [1.807, 2.05) is 11.6 Å². The van der Waals surface area contributed by atoms with Crippen molar-refractivity contribution in [2.75, 3.05) is 6.61 Å². The van der Waals surface area contributed by atoms with E-state index in [1.165, 1.54) is 4.31 Å². The molecule has 0 aliphatic heterocycles. The second-order valence-electron chi connectivity index (χ2n) is 4.01. The highest BCUT2D eigenvalue weighted by atomic mass is 32.2. The van der Waals surface area contributed by atoms with Crippen LogP contribution in [0.15, 0.2) is 0 Å². The molecule has 0 fully saturated rings. The summed E-state index contributed by atoms with van der Waals surface area (Å²) in [6, 6.07) is -0.404. The molecular formula is C10H22N2O4S. The van der Waals surface area contributed by atoms with Gasteiger partial charge in [-0.05, 0) is 34.1 Å². The summed E-state index contributed by atoms with van der Waals surface area (Å²) >= 11 is 0. The number of ether oxygens (including phenoxy) is 1. The lowest BCUT2D eigenvalue weighted by atomic mass is 10.2. The van der Waals surface area contributed by atoms with E-state index in [2.05, 4.69) is 4.74 Å². The van der Waals surface area contributed by atoms with Gasteiger partial charge in [0.1, 0.15) is 0 Å². The molecule has 0 bridgehead atoms. The van der Waals surface area contributed by atoms with Crippen LogP contribution in [0.4, 0.5) is 4.79 Å². The van der Waals surface area contributed by atoms with Crippen molar-refractivity contribution >= 4 is 16.3 Å². The van der Waals surface area contributed by atoms with Gasteiger partial charge in [0, 0.05) is 12.1 Å². The van der Waals surface area contributed by atoms with Crippen molar-refractivity contribution in [3.63, 3.8) is 0 Å². The first-order chi connectivity index (χ1) is 7.76. The van der Waals surface area contributed by atoms with Gasteiger partial charge in [0.15, 0.2) is 0 Å². The first kappa shape index (κ1) is 16.2. The molecule has 0 aliphatic rings. The van der Waals surface area contributed by atoms with Crippen LogP contribution in [0, 0.1) is 0 Å². The fraction of sp³-hybridized carbons (Fsp3) is 0.900. The molecule has 0 heterocycles. The molecule has 0 aliphatic carbocycles. The van der Waals surface area contributed by atoms with Gasteiger partial charge in [-0.15, -0.1) is 0 Å². The van der Waals surface area contributed by atoms with E-state index in [0.717, 1.165) is 0 Å². The Labute approximate surface area is 104 Å². The maximum Gasteiger partial charge on any atom is 0.421 e. The first-order valence-electron chi connectivity index (χ1n) is 5.74. The van der Waals surface area contributed by atoms with Gasteiger partial charge in [-0.25, -0.2) is 9.52 Å². The van der Waals surface area contributed by atoms with Crippen LogP contribution in [-0.2, 0) is 14.9 Å². The van der Waals surface area contributed by atoms with E-state index >= 15 is 0 Å². The van der Waals surface area contributed by atoms with Gasteiger partial charge < -0.3 is 4.74 Å². The van der Waals surface area contributed by atoms with Crippen molar-refractivity contribution in [3.05, 3.63) is 0 Å². The number of carbonyl (C=O) groups is 1. The zero-order valence-corrected chi connectivity index (χ0v) is 11.9. The van der Waals surface area contributed by atoms with E-state index < -0.39 is 16.3 Å². The topological polar surface area (TPSA) is 75.7 Å². The Hall–Kier alpha value is -0.820. The van der Waals surface area contributed by atoms with Crippen LogP contribution in [-0.4, -0.2) is 37.5 Å². The normalized spacial score (nSPS) is 13.8. The smallest absolute Gasteiger partial charge is 0.421 e. The molecule has 7 heteroatoms. The van der Waals surface area contributed by atoms with Crippen LogP contribution in [0.25, 0.3) is 0 Å². The molecule has 0 aromatic heterocycles. The molecule has 17 heavy (non-hydrogen) atoms. The Morgan fingerprint density at radius 3 is 2.18 bits per heavy atom. The number of rotatable bonds is 6. The lowest BCUT2D eigenvalue weighted by Gasteiger charge is -2.30. The second kappa shape index (κ2) is 6.80. The van der Waals surface area contributed by atoms with Gasteiger partial charge >= 0.3 is 16.3 Å². The largest absolute Gasteiger partial charge is 0.449 e. The molecule has 0 saturated carbocycles. The van der Waals surface area contributed by atoms with E-state index in [9.17, 15) is 13.2 Å². The maximum absolute atomic E-state index is 12.0. The molecule has 1 atom stereocenters. The van der Waals surface area contributed by atoms with Gasteiger partial charge in [-0.3, -0.25) is 0 Å². The number of hydrogen-bond acceptors (Lipinski definition) is 4. The van der Waals surface area contributed by atoms with E-state index in [0.29, 0.717) is 6.42 Å². The first-order valence-corrected chi connectivity index (χ1v) is 7.18. The molecule has 102 valence electrons. The summed E-state index contributed by atoms with van der Waals surface area (Å²) in [5.74, 6) is 0. The van der Waals surface area contributed by atoms with Crippen molar-refractivity contribution in [1.29, 1.82) is 0 Å². The quantitative estimate of drug-likeness (QED) is 0.790. The van der Waals surface area contributed by atoms with Crippen LogP contribution >= 0.6 is 0 Å². The predicted molar refractivity (Wildman–Crippen MR) is 65.8 cm³/mol. The summed E-state index contributed by atoms with van der Waals surface area (Å²) in [5, 5.41) is 0. The van der Waals surface area contributed by atoms with E-state index in [4.69, 9.17) is 0 Å². The Morgan fingerprint density at radius 2 is 1.82 bits per heavy atom. The fourth-order valence-corrected chi connectivity index (χ4v) is 3.07. The van der Waals surface area contributed by atoms with Crippen LogP contribution in [0.2, 0.25) is 0 Å². The van der Waals surface area contributed by atoms with E-state index in [1.54, 1.807) is 27.7 Å². The zero-order valence-electron chi connectivity index (χ0n) is 11.1. The molecule has 0 aromatic rings. The Balaban J connectivity index is 4.91. The SMILES string of the molecule is CCOC(=O)NS(=O)(=O)N(C(C)C)C(C)CC. The third kappa shape index (κ3) is 4.91. The highest BCUT2D eigenvalue weighted by molar-refractivity contribution is 7.87. The van der Waals surface area contributed by atoms with Gasteiger partial charge in [-0.1, -0.05) is 6.92 Å². The lowest BCUT2D eigenvalue weighted by molar-refractivity contribution is 0.157. The maximum atomic E-state index is 12.0. The number of nitrogens with zero attached hydrogens (tertiary/aromatic N) is 1. The number of carbonyl (C=O) groups excluding carboxylic acids is 1. The Kier molecular flexibility index (Phi) is 6.48. The van der Waals surface area contributed by atoms with Crippen LogP contribution in [0.3, 0.4) is 0 Å². The monoisotopic (exact) mass is 266 g/mol. The average molecular weight is 266 g/mol. The summed E-state index contributed by atoms with van der Waals surface area (Å²) < 4.78 is 31.7. The summed E-state index contributed by atoms with van der Waals surface area (Å²) in [5.41, 5.74) is 0. The molecule has 1 unspecified atom stereocenters. The van der Waals surface area contributed by atoms with Gasteiger partial charge in [-0.2, -0.15) is 12.7 Å². The lowest BCUT2D eigenvalue weighted by Crippen LogP contribution is -2.50. The van der Waals surface area contributed by atoms with Gasteiger partial charge in [0.25, 0.3) is 0 Å². The molecule has 0 spiro atoms. The summed E-state index contributed by atoms with van der Waals surface area (Å²) in [6.45, 7) is 8.95. The number of amides is 1. The number of nitrogens with one attached hydrogen (secondary N) is 1. The minimum atomic E-state index is -3.85. The van der Waals surface area contributed by atoms with Crippen molar-refractivity contribution in [2.45, 2.75) is 53.1 Å². The van der Waals surface area contributed by atoms with Crippen LogP contribution in [0.5, 0.6) is 0 Å². The zero-order chi connectivity index (χ0) is 13.6. The minimum absolute atomic E-state index is 0.131. The molecule has 1 amide bonds. The van der Waals surface area contributed by atoms with Crippen LogP contribution < -0.4 is 4.72 Å². The summed E-state index contributed by atoms with van der Waals surface area (Å²) in [6.07, 6.45) is -0.275. The highest BCUT2D eigenvalue weighted by Crippen LogP contribution is 2.13.